The predicted molar refractivity (Wildman–Crippen MR) is 110 cm³/mol. The fourth-order valence-corrected chi connectivity index (χ4v) is 3.59. The number of nitrogens with two attached hydrogens (primary N) is 1. The first-order valence-corrected chi connectivity index (χ1v) is 10.2. The summed E-state index contributed by atoms with van der Waals surface area (Å²) < 4.78 is 65.0. The number of anilines is 2. The molecule has 0 spiro atoms. The first-order chi connectivity index (χ1) is 14.5. The molecule has 0 fully saturated rings. The number of nitrogens with zero attached hydrogens (tertiary/aromatic N) is 2. The van der Waals surface area contributed by atoms with Crippen molar-refractivity contribution in [2.75, 3.05) is 10.5 Å². The number of phenols is 1. The van der Waals surface area contributed by atoms with Crippen molar-refractivity contribution in [3.63, 3.8) is 0 Å². The van der Waals surface area contributed by atoms with Crippen LogP contribution in [0.2, 0.25) is 0 Å². The zero-order valence-electron chi connectivity index (χ0n) is 16.1. The van der Waals surface area contributed by atoms with E-state index in [4.69, 9.17) is 5.73 Å². The van der Waals surface area contributed by atoms with Crippen LogP contribution in [0.5, 0.6) is 5.75 Å². The van der Waals surface area contributed by atoms with E-state index in [1.807, 2.05) is 0 Å². The lowest BCUT2D eigenvalue weighted by molar-refractivity contribution is -0.137. The summed E-state index contributed by atoms with van der Waals surface area (Å²) in [5.41, 5.74) is 6.38. The monoisotopic (exact) mass is 450 g/mol. The summed E-state index contributed by atoms with van der Waals surface area (Å²) in [5.74, 6) is 0.0338. The Morgan fingerprint density at radius 2 is 1.58 bits per heavy atom. The third-order valence-electron chi connectivity index (χ3n) is 4.23. The molecule has 4 N–H and O–H groups in total. The Balaban J connectivity index is 1.75. The van der Waals surface area contributed by atoms with Gasteiger partial charge < -0.3 is 10.8 Å². The third-order valence-corrected chi connectivity index (χ3v) is 5.63. The van der Waals surface area contributed by atoms with E-state index in [9.17, 15) is 26.7 Å². The van der Waals surface area contributed by atoms with Crippen molar-refractivity contribution < 1.29 is 26.7 Å². The average molecular weight is 450 g/mol. The van der Waals surface area contributed by atoms with Crippen LogP contribution in [-0.4, -0.2) is 13.5 Å². The van der Waals surface area contributed by atoms with Gasteiger partial charge in [-0.05, 0) is 67.1 Å². The molecule has 3 rings (SSSR count). The van der Waals surface area contributed by atoms with Crippen molar-refractivity contribution in [3.8, 4) is 5.75 Å². The average Bonchev–Trinajstić information content (AvgIpc) is 2.69. The van der Waals surface area contributed by atoms with Gasteiger partial charge in [0.25, 0.3) is 10.0 Å². The molecule has 0 aliphatic carbocycles. The van der Waals surface area contributed by atoms with Crippen molar-refractivity contribution in [3.05, 3.63) is 71.8 Å². The largest absolute Gasteiger partial charge is 0.508 e. The highest BCUT2D eigenvalue weighted by Gasteiger charge is 2.30. The van der Waals surface area contributed by atoms with Gasteiger partial charge in [-0.2, -0.15) is 18.3 Å². The number of hydrogen-bond donors (Lipinski definition) is 3. The van der Waals surface area contributed by atoms with E-state index >= 15 is 0 Å². The number of nitrogens with one attached hydrogen (secondary N) is 1. The second kappa shape index (κ2) is 8.26. The number of alkyl halides is 3. The van der Waals surface area contributed by atoms with E-state index in [-0.39, 0.29) is 22.0 Å². The van der Waals surface area contributed by atoms with Crippen LogP contribution < -0.4 is 10.5 Å². The molecule has 0 bridgehead atoms. The van der Waals surface area contributed by atoms with Crippen LogP contribution >= 0.6 is 0 Å². The van der Waals surface area contributed by atoms with Crippen molar-refractivity contribution in [2.24, 2.45) is 10.2 Å². The molecule has 7 nitrogen and oxygen atoms in total. The number of aryl methyl sites for hydroxylation is 1. The normalized spacial score (nSPS) is 12.3. The molecule has 31 heavy (non-hydrogen) atoms. The molecule has 0 heterocycles. The lowest BCUT2D eigenvalue weighted by Crippen LogP contribution is -2.13. The molecule has 11 heteroatoms. The Bertz CT molecular complexity index is 1220. The van der Waals surface area contributed by atoms with Gasteiger partial charge in [0.2, 0.25) is 0 Å². The summed E-state index contributed by atoms with van der Waals surface area (Å²) in [6, 6.07) is 11.9. The van der Waals surface area contributed by atoms with Crippen molar-refractivity contribution >= 4 is 32.8 Å². The molecule has 0 saturated carbocycles. The van der Waals surface area contributed by atoms with E-state index < -0.39 is 21.8 Å². The number of hydrogen-bond acceptors (Lipinski definition) is 6. The van der Waals surface area contributed by atoms with Crippen LogP contribution in [0, 0.1) is 6.92 Å². The van der Waals surface area contributed by atoms with Gasteiger partial charge in [-0.1, -0.05) is 0 Å². The molecule has 0 radical (unpaired) electrons. The number of benzene rings is 3. The topological polar surface area (TPSA) is 117 Å². The summed E-state index contributed by atoms with van der Waals surface area (Å²) in [4.78, 5) is -0.105. The summed E-state index contributed by atoms with van der Waals surface area (Å²) in [7, 11) is -4.01. The molecule has 0 aromatic heterocycles. The Kier molecular flexibility index (Phi) is 5.89. The molecular weight excluding hydrogens is 433 g/mol. The van der Waals surface area contributed by atoms with E-state index in [0.717, 1.165) is 24.3 Å². The van der Waals surface area contributed by atoms with E-state index in [2.05, 4.69) is 15.0 Å². The number of azo groups is 1. The fraction of sp³-hybridized carbons (Fsp3) is 0.100. The summed E-state index contributed by atoms with van der Waals surface area (Å²) in [6.45, 7) is 1.68. The van der Waals surface area contributed by atoms with Crippen molar-refractivity contribution in [1.82, 2.24) is 0 Å². The third kappa shape index (κ3) is 5.31. The Morgan fingerprint density at radius 1 is 0.968 bits per heavy atom. The molecule has 0 saturated heterocycles. The van der Waals surface area contributed by atoms with Gasteiger partial charge in [0.15, 0.2) is 0 Å². The van der Waals surface area contributed by atoms with E-state index in [1.54, 1.807) is 13.0 Å². The highest BCUT2D eigenvalue weighted by Crippen LogP contribution is 2.32. The molecule has 0 aliphatic heterocycles. The molecule has 3 aromatic carbocycles. The Morgan fingerprint density at radius 3 is 2.16 bits per heavy atom. The zero-order chi connectivity index (χ0) is 22.8. The molecule has 0 unspecified atom stereocenters. The van der Waals surface area contributed by atoms with Crippen LogP contribution in [0.1, 0.15) is 11.1 Å². The lowest BCUT2D eigenvalue weighted by Gasteiger charge is -2.10. The predicted octanol–water partition coefficient (Wildman–Crippen LogP) is 5.52. The second-order valence-electron chi connectivity index (χ2n) is 6.57. The number of sulfonamides is 1. The number of phenolic OH excluding ortho intramolecular Hbond substituents is 1. The van der Waals surface area contributed by atoms with Crippen LogP contribution in [0.25, 0.3) is 0 Å². The summed E-state index contributed by atoms with van der Waals surface area (Å²) >= 11 is 0. The molecular formula is C20H17F3N4O3S. The lowest BCUT2D eigenvalue weighted by atomic mass is 10.2. The van der Waals surface area contributed by atoms with Gasteiger partial charge in [0.1, 0.15) is 11.4 Å². The molecule has 162 valence electrons. The van der Waals surface area contributed by atoms with E-state index in [1.165, 1.54) is 30.3 Å². The van der Waals surface area contributed by atoms with Crippen LogP contribution in [0.4, 0.5) is 35.9 Å². The van der Waals surface area contributed by atoms with Crippen LogP contribution in [-0.2, 0) is 16.2 Å². The zero-order valence-corrected chi connectivity index (χ0v) is 16.9. The molecule has 0 aliphatic rings. The molecule has 3 aromatic rings. The highest BCUT2D eigenvalue weighted by atomic mass is 32.2. The molecule has 0 atom stereocenters. The van der Waals surface area contributed by atoms with Gasteiger partial charge in [-0.15, -0.1) is 5.11 Å². The quantitative estimate of drug-likeness (QED) is 0.350. The Hall–Kier alpha value is -3.60. The minimum atomic E-state index is -4.51. The fourth-order valence-electron chi connectivity index (χ4n) is 2.53. The minimum Gasteiger partial charge on any atom is -0.508 e. The van der Waals surface area contributed by atoms with Gasteiger partial charge in [-0.25, -0.2) is 8.42 Å². The van der Waals surface area contributed by atoms with E-state index in [0.29, 0.717) is 16.9 Å². The van der Waals surface area contributed by atoms with Crippen LogP contribution in [0.3, 0.4) is 0 Å². The number of halogens is 3. The number of nitrogen functional groups attached to an aromatic ring is 1. The first kappa shape index (κ1) is 22.1. The second-order valence-corrected chi connectivity index (χ2v) is 8.25. The SMILES string of the molecule is Cc1cc(/N=N/c2ccc(S(=O)(=O)Nc3ccc(C(F)(F)F)cc3)cc2)c(N)cc1O. The smallest absolute Gasteiger partial charge is 0.416 e. The Labute approximate surface area is 176 Å². The summed E-state index contributed by atoms with van der Waals surface area (Å²) in [5, 5.41) is 17.6. The maximum atomic E-state index is 12.6. The van der Waals surface area contributed by atoms with Crippen molar-refractivity contribution in [2.45, 2.75) is 18.0 Å². The minimum absolute atomic E-state index is 0.00469. The van der Waals surface area contributed by atoms with Gasteiger partial charge >= 0.3 is 6.18 Å². The first-order valence-electron chi connectivity index (χ1n) is 8.77. The van der Waals surface area contributed by atoms with Gasteiger partial charge in [-0.3, -0.25) is 4.72 Å². The number of aromatic hydroxyl groups is 1. The van der Waals surface area contributed by atoms with Crippen LogP contribution in [0.15, 0.2) is 75.8 Å². The van der Waals surface area contributed by atoms with Gasteiger partial charge in [0.05, 0.1) is 21.8 Å². The maximum Gasteiger partial charge on any atom is 0.416 e. The van der Waals surface area contributed by atoms with Crippen molar-refractivity contribution in [1.29, 1.82) is 0 Å². The number of rotatable bonds is 5. The standard InChI is InChI=1S/C20H17F3N4O3S/c1-12-10-18(17(24)11-19(12)28)26-25-14-6-8-16(9-7-14)31(29,30)27-15-4-2-13(3-5-15)20(21,22)23/h2-11,27-28H,24H2,1H3/b26-25+. The maximum absolute atomic E-state index is 12.6. The highest BCUT2D eigenvalue weighted by molar-refractivity contribution is 7.92. The molecule has 0 amide bonds. The van der Waals surface area contributed by atoms with Gasteiger partial charge in [0, 0.05) is 11.8 Å². The summed E-state index contributed by atoms with van der Waals surface area (Å²) in [6.07, 6.45) is -4.51.